The summed E-state index contributed by atoms with van der Waals surface area (Å²) < 4.78 is 0. The third-order valence-electron chi connectivity index (χ3n) is 5.21. The second-order valence-electron chi connectivity index (χ2n) is 6.17. The van der Waals surface area contributed by atoms with Crippen LogP contribution in [0.3, 0.4) is 0 Å². The van der Waals surface area contributed by atoms with Gasteiger partial charge >= 0.3 is 0 Å². The van der Waals surface area contributed by atoms with Gasteiger partial charge < -0.3 is 10.2 Å². The highest BCUT2D eigenvalue weighted by Crippen LogP contribution is 2.40. The van der Waals surface area contributed by atoms with E-state index in [9.17, 15) is 0 Å². The molecule has 18 heavy (non-hydrogen) atoms. The zero-order valence-corrected chi connectivity index (χ0v) is 10.9. The lowest BCUT2D eigenvalue weighted by Crippen LogP contribution is -2.57. The van der Waals surface area contributed by atoms with Crippen molar-refractivity contribution in [1.29, 1.82) is 0 Å². The third-order valence-corrected chi connectivity index (χ3v) is 5.21. The number of para-hydroxylation sites is 1. The Morgan fingerprint density at radius 2 is 1.83 bits per heavy atom. The maximum absolute atomic E-state index is 3.64. The molecule has 0 radical (unpaired) electrons. The summed E-state index contributed by atoms with van der Waals surface area (Å²) in [6.07, 6.45) is 5.54. The van der Waals surface area contributed by atoms with Crippen LogP contribution in [0.15, 0.2) is 24.3 Å². The molecule has 2 unspecified atom stereocenters. The van der Waals surface area contributed by atoms with Gasteiger partial charge in [0, 0.05) is 18.3 Å². The van der Waals surface area contributed by atoms with Crippen LogP contribution >= 0.6 is 0 Å². The molecule has 4 rings (SSSR count). The van der Waals surface area contributed by atoms with Crippen LogP contribution in [0, 0.1) is 11.8 Å². The average molecular weight is 242 g/mol. The summed E-state index contributed by atoms with van der Waals surface area (Å²) in [6.45, 7) is 3.72. The quantitative estimate of drug-likeness (QED) is 0.813. The number of piperidine rings is 1. The molecule has 1 saturated heterocycles. The van der Waals surface area contributed by atoms with Gasteiger partial charge in [-0.05, 0) is 55.8 Å². The molecule has 2 fully saturated rings. The standard InChI is InChI=1S/C16H22N2/c1-2-7-15-12(4-1)8-9-18(15)16-13-5-3-6-14(16)11-17-10-13/h1-2,4,7,13-14,16-17H,3,5-6,8-11H2. The lowest BCUT2D eigenvalue weighted by atomic mass is 9.73. The molecule has 1 aromatic carbocycles. The molecule has 0 spiro atoms. The van der Waals surface area contributed by atoms with Gasteiger partial charge in [-0.3, -0.25) is 0 Å². The van der Waals surface area contributed by atoms with E-state index in [-0.39, 0.29) is 0 Å². The normalized spacial score (nSPS) is 34.4. The molecular formula is C16H22N2. The molecule has 2 heterocycles. The Bertz CT molecular complexity index is 420. The largest absolute Gasteiger partial charge is 0.367 e. The van der Waals surface area contributed by atoms with E-state index in [1.54, 1.807) is 5.56 Å². The summed E-state index contributed by atoms with van der Waals surface area (Å²) in [5.74, 6) is 1.76. The molecule has 2 nitrogen and oxygen atoms in total. The van der Waals surface area contributed by atoms with Crippen molar-refractivity contribution in [3.63, 3.8) is 0 Å². The van der Waals surface area contributed by atoms with Gasteiger partial charge in [0.05, 0.1) is 0 Å². The van der Waals surface area contributed by atoms with E-state index in [0.29, 0.717) is 0 Å². The zero-order valence-electron chi connectivity index (χ0n) is 10.9. The van der Waals surface area contributed by atoms with Crippen LogP contribution in [-0.4, -0.2) is 25.7 Å². The monoisotopic (exact) mass is 242 g/mol. The van der Waals surface area contributed by atoms with Gasteiger partial charge in [-0.15, -0.1) is 0 Å². The first kappa shape index (κ1) is 10.9. The van der Waals surface area contributed by atoms with Gasteiger partial charge in [0.2, 0.25) is 0 Å². The second kappa shape index (κ2) is 4.27. The van der Waals surface area contributed by atoms with Crippen LogP contribution in [0.5, 0.6) is 0 Å². The number of benzene rings is 1. The number of nitrogens with one attached hydrogen (secondary N) is 1. The lowest BCUT2D eigenvalue weighted by Gasteiger charge is -2.48. The van der Waals surface area contributed by atoms with Crippen molar-refractivity contribution in [2.24, 2.45) is 11.8 Å². The molecule has 1 aromatic rings. The van der Waals surface area contributed by atoms with Crippen LogP contribution in [0.4, 0.5) is 5.69 Å². The molecular weight excluding hydrogens is 220 g/mol. The molecule has 3 aliphatic rings. The summed E-state index contributed by atoms with van der Waals surface area (Å²) in [7, 11) is 0. The van der Waals surface area contributed by atoms with Gasteiger partial charge in [0.15, 0.2) is 0 Å². The van der Waals surface area contributed by atoms with Crippen LogP contribution in [0.2, 0.25) is 0 Å². The summed E-state index contributed by atoms with van der Waals surface area (Å²) in [5, 5.41) is 3.64. The van der Waals surface area contributed by atoms with E-state index in [1.165, 1.54) is 51.0 Å². The maximum Gasteiger partial charge on any atom is 0.0402 e. The number of hydrogen-bond acceptors (Lipinski definition) is 2. The van der Waals surface area contributed by atoms with E-state index < -0.39 is 0 Å². The minimum atomic E-state index is 0.809. The number of hydrogen-bond donors (Lipinski definition) is 1. The van der Waals surface area contributed by atoms with Crippen molar-refractivity contribution in [2.75, 3.05) is 24.5 Å². The minimum Gasteiger partial charge on any atom is -0.367 e. The first-order valence-electron chi connectivity index (χ1n) is 7.49. The molecule has 2 heteroatoms. The topological polar surface area (TPSA) is 15.3 Å². The van der Waals surface area contributed by atoms with Crippen molar-refractivity contribution in [3.05, 3.63) is 29.8 Å². The fraction of sp³-hybridized carbons (Fsp3) is 0.625. The predicted molar refractivity (Wildman–Crippen MR) is 75.0 cm³/mol. The van der Waals surface area contributed by atoms with E-state index in [0.717, 1.165) is 17.9 Å². The molecule has 1 N–H and O–H groups in total. The van der Waals surface area contributed by atoms with Crippen LogP contribution in [0.1, 0.15) is 24.8 Å². The van der Waals surface area contributed by atoms with Crippen LogP contribution < -0.4 is 10.2 Å². The summed E-state index contributed by atoms with van der Waals surface area (Å²) in [5.41, 5.74) is 3.09. The van der Waals surface area contributed by atoms with Crippen molar-refractivity contribution in [3.8, 4) is 0 Å². The number of rotatable bonds is 1. The summed E-state index contributed by atoms with van der Waals surface area (Å²) >= 11 is 0. The average Bonchev–Trinajstić information content (AvgIpc) is 2.81. The lowest BCUT2D eigenvalue weighted by molar-refractivity contribution is 0.162. The van der Waals surface area contributed by atoms with Crippen molar-refractivity contribution in [2.45, 2.75) is 31.7 Å². The highest BCUT2D eigenvalue weighted by molar-refractivity contribution is 5.59. The fourth-order valence-electron chi connectivity index (χ4n) is 4.45. The minimum absolute atomic E-state index is 0.809. The van der Waals surface area contributed by atoms with E-state index in [2.05, 4.69) is 34.5 Å². The third kappa shape index (κ3) is 1.58. The first-order chi connectivity index (χ1) is 8.93. The maximum atomic E-state index is 3.64. The van der Waals surface area contributed by atoms with Gasteiger partial charge in [-0.1, -0.05) is 24.6 Å². The molecule has 0 amide bonds. The number of fused-ring (bicyclic) bond motifs is 3. The molecule has 1 aliphatic carbocycles. The summed E-state index contributed by atoms with van der Waals surface area (Å²) in [6, 6.07) is 9.84. The fourth-order valence-corrected chi connectivity index (χ4v) is 4.45. The second-order valence-corrected chi connectivity index (χ2v) is 6.17. The number of anilines is 1. The smallest absolute Gasteiger partial charge is 0.0402 e. The Hall–Kier alpha value is -1.02. The van der Waals surface area contributed by atoms with Crippen molar-refractivity contribution < 1.29 is 0 Å². The van der Waals surface area contributed by atoms with Gasteiger partial charge in [0.25, 0.3) is 0 Å². The molecule has 2 atom stereocenters. The Kier molecular flexibility index (Phi) is 2.58. The predicted octanol–water partition coefficient (Wildman–Crippen LogP) is 2.44. The van der Waals surface area contributed by atoms with E-state index in [4.69, 9.17) is 0 Å². The highest BCUT2D eigenvalue weighted by Gasteiger charge is 2.41. The highest BCUT2D eigenvalue weighted by atomic mass is 15.2. The SMILES string of the molecule is c1ccc2c(c1)CCN2C1C2CCCC1CNC2. The Morgan fingerprint density at radius 3 is 2.67 bits per heavy atom. The Labute approximate surface area is 109 Å². The number of nitrogens with zero attached hydrogens (tertiary/aromatic N) is 1. The van der Waals surface area contributed by atoms with Crippen LogP contribution in [-0.2, 0) is 6.42 Å². The zero-order chi connectivity index (χ0) is 11.9. The van der Waals surface area contributed by atoms with Crippen molar-refractivity contribution >= 4 is 5.69 Å². The van der Waals surface area contributed by atoms with Gasteiger partial charge in [-0.25, -0.2) is 0 Å². The van der Waals surface area contributed by atoms with Gasteiger partial charge in [-0.2, -0.15) is 0 Å². The van der Waals surface area contributed by atoms with E-state index in [1.807, 2.05) is 0 Å². The van der Waals surface area contributed by atoms with E-state index >= 15 is 0 Å². The Morgan fingerprint density at radius 1 is 1.06 bits per heavy atom. The molecule has 96 valence electrons. The molecule has 0 aromatic heterocycles. The molecule has 2 aliphatic heterocycles. The van der Waals surface area contributed by atoms with Gasteiger partial charge in [0.1, 0.15) is 0 Å². The molecule has 2 bridgehead atoms. The first-order valence-corrected chi connectivity index (χ1v) is 7.49. The Balaban J connectivity index is 1.67. The van der Waals surface area contributed by atoms with Crippen LogP contribution in [0.25, 0.3) is 0 Å². The summed E-state index contributed by atoms with van der Waals surface area (Å²) in [4.78, 5) is 2.74. The van der Waals surface area contributed by atoms with Crippen molar-refractivity contribution in [1.82, 2.24) is 5.32 Å². The molecule has 1 saturated carbocycles.